The number of halogens is 1. The van der Waals surface area contributed by atoms with Crippen LogP contribution in [-0.4, -0.2) is 37.7 Å². The number of hydrogen-bond acceptors (Lipinski definition) is 1. The van der Waals surface area contributed by atoms with Crippen LogP contribution in [0.5, 0.6) is 0 Å². The lowest BCUT2D eigenvalue weighted by molar-refractivity contribution is -0.896. The minimum absolute atomic E-state index is 0. The molecule has 0 radical (unpaired) electrons. The maximum absolute atomic E-state index is 11.2. The summed E-state index contributed by atoms with van der Waals surface area (Å²) in [6.45, 7) is 7.25. The predicted molar refractivity (Wildman–Crippen MR) is 50.5 cm³/mol. The molecule has 0 aromatic carbocycles. The van der Waals surface area contributed by atoms with Gasteiger partial charge in [0.25, 0.3) is 5.91 Å². The van der Waals surface area contributed by atoms with E-state index in [1.54, 1.807) is 6.92 Å². The van der Waals surface area contributed by atoms with Crippen LogP contribution in [0.25, 0.3) is 0 Å². The molecule has 0 rings (SSSR count). The van der Waals surface area contributed by atoms with Gasteiger partial charge in [-0.15, -0.1) is 0 Å². The summed E-state index contributed by atoms with van der Waals surface area (Å²) in [4.78, 5) is 11.2. The van der Waals surface area contributed by atoms with Gasteiger partial charge in [0, 0.05) is 12.5 Å². The number of carbonyl (C=O) groups is 1. The number of nitrogens with one attached hydrogen (secondary N) is 1. The monoisotopic (exact) mass is 250 g/mol. The smallest absolute Gasteiger partial charge is 0.250 e. The first-order valence-corrected chi connectivity index (χ1v) is 4.02. The Kier molecular flexibility index (Phi) is 6.28. The number of amides is 1. The van der Waals surface area contributed by atoms with Gasteiger partial charge >= 0.3 is 0 Å². The van der Waals surface area contributed by atoms with Crippen LogP contribution in [-0.2, 0) is 4.79 Å². The zero-order chi connectivity index (χ0) is 9.94. The van der Waals surface area contributed by atoms with E-state index in [1.165, 1.54) is 0 Å². The molecule has 3 nitrogen and oxygen atoms in total. The minimum Gasteiger partial charge on any atom is -1.00 e. The van der Waals surface area contributed by atoms with Gasteiger partial charge in [0.15, 0.2) is 6.17 Å². The summed E-state index contributed by atoms with van der Waals surface area (Å²) in [5, 5.41) is 2.85. The first-order valence-electron chi connectivity index (χ1n) is 4.02. The minimum atomic E-state index is -0.0736. The molecule has 0 spiro atoms. The molecule has 1 unspecified atom stereocenters. The molecule has 0 aromatic heterocycles. The Bertz CT molecular complexity index is 196. The van der Waals surface area contributed by atoms with Crippen molar-refractivity contribution in [3.8, 4) is 0 Å². The van der Waals surface area contributed by atoms with E-state index in [2.05, 4.69) is 11.9 Å². The standard InChI is InChI=1S/C9H18N2O.BrH/c1-7(2)9(12)10-8(3)11(4,5)6;/h8H,1H2,2-6H3;1H. The summed E-state index contributed by atoms with van der Waals surface area (Å²) in [5.74, 6) is -0.0736. The van der Waals surface area contributed by atoms with Crippen LogP contribution in [0.4, 0.5) is 0 Å². The zero-order valence-corrected chi connectivity index (χ0v) is 10.6. The summed E-state index contributed by atoms with van der Waals surface area (Å²) in [6, 6.07) is 0. The molecule has 78 valence electrons. The fourth-order valence-electron chi connectivity index (χ4n) is 0.507. The lowest BCUT2D eigenvalue weighted by Crippen LogP contribution is -3.00. The van der Waals surface area contributed by atoms with E-state index < -0.39 is 0 Å². The number of quaternary nitrogens is 1. The van der Waals surface area contributed by atoms with Crippen LogP contribution in [0.1, 0.15) is 13.8 Å². The van der Waals surface area contributed by atoms with Gasteiger partial charge in [-0.25, -0.2) is 0 Å². The summed E-state index contributed by atoms with van der Waals surface area (Å²) in [5.41, 5.74) is 0.551. The fraction of sp³-hybridized carbons (Fsp3) is 0.667. The SMILES string of the molecule is C=C(C)C(=O)NC(C)[N+](C)(C)C.[Br-]. The van der Waals surface area contributed by atoms with Gasteiger partial charge in [-0.05, 0) is 6.92 Å². The third-order valence-electron chi connectivity index (χ3n) is 1.89. The molecule has 0 bridgehead atoms. The van der Waals surface area contributed by atoms with Gasteiger partial charge in [-0.2, -0.15) is 0 Å². The Morgan fingerprint density at radius 1 is 1.38 bits per heavy atom. The number of rotatable bonds is 3. The number of hydrogen-bond donors (Lipinski definition) is 1. The van der Waals surface area contributed by atoms with Crippen LogP contribution in [0.3, 0.4) is 0 Å². The van der Waals surface area contributed by atoms with E-state index in [0.717, 1.165) is 0 Å². The third kappa shape index (κ3) is 5.82. The quantitative estimate of drug-likeness (QED) is 0.342. The molecular weight excluding hydrogens is 232 g/mol. The second-order valence-electron chi connectivity index (χ2n) is 4.05. The number of nitrogens with zero attached hydrogens (tertiary/aromatic N) is 1. The molecule has 0 aliphatic carbocycles. The molecule has 0 aliphatic heterocycles. The largest absolute Gasteiger partial charge is 1.00 e. The molecule has 1 N–H and O–H groups in total. The van der Waals surface area contributed by atoms with Crippen molar-refractivity contribution in [3.05, 3.63) is 12.2 Å². The molecule has 0 heterocycles. The fourth-order valence-corrected chi connectivity index (χ4v) is 0.507. The van der Waals surface area contributed by atoms with E-state index >= 15 is 0 Å². The summed E-state index contributed by atoms with van der Waals surface area (Å²) < 4.78 is 0.707. The van der Waals surface area contributed by atoms with Crippen molar-refractivity contribution < 1.29 is 26.3 Å². The molecule has 13 heavy (non-hydrogen) atoms. The van der Waals surface area contributed by atoms with Crippen LogP contribution < -0.4 is 22.3 Å². The van der Waals surface area contributed by atoms with Crippen molar-refractivity contribution in [2.45, 2.75) is 20.0 Å². The molecule has 0 saturated heterocycles. The molecule has 0 aromatic rings. The first-order chi connectivity index (χ1) is 5.25. The van der Waals surface area contributed by atoms with Gasteiger partial charge in [0.1, 0.15) is 0 Å². The predicted octanol–water partition coefficient (Wildman–Crippen LogP) is -2.27. The van der Waals surface area contributed by atoms with Crippen LogP contribution in [0.15, 0.2) is 12.2 Å². The van der Waals surface area contributed by atoms with Crippen molar-refractivity contribution in [1.29, 1.82) is 0 Å². The molecule has 4 heteroatoms. The van der Waals surface area contributed by atoms with Crippen molar-refractivity contribution in [2.75, 3.05) is 21.1 Å². The second kappa shape index (κ2) is 5.40. The van der Waals surface area contributed by atoms with E-state index in [9.17, 15) is 4.79 Å². The summed E-state index contributed by atoms with van der Waals surface area (Å²) in [6.07, 6.45) is 0.106. The highest BCUT2D eigenvalue weighted by Gasteiger charge is 2.19. The van der Waals surface area contributed by atoms with Gasteiger partial charge in [-0.1, -0.05) is 6.58 Å². The van der Waals surface area contributed by atoms with E-state index in [0.29, 0.717) is 10.1 Å². The van der Waals surface area contributed by atoms with Crippen LogP contribution in [0.2, 0.25) is 0 Å². The lowest BCUT2D eigenvalue weighted by atomic mass is 10.3. The molecule has 0 fully saturated rings. The third-order valence-corrected chi connectivity index (χ3v) is 1.89. The Hall–Kier alpha value is -0.350. The molecule has 0 aliphatic rings. The molecule has 1 atom stereocenters. The number of carbonyl (C=O) groups excluding carboxylic acids is 1. The first kappa shape index (κ1) is 15.1. The van der Waals surface area contributed by atoms with Gasteiger partial charge in [0.2, 0.25) is 0 Å². The average Bonchev–Trinajstić information content (AvgIpc) is 1.85. The van der Waals surface area contributed by atoms with Gasteiger partial charge in [0.05, 0.1) is 21.1 Å². The maximum atomic E-state index is 11.2. The average molecular weight is 251 g/mol. The Morgan fingerprint density at radius 3 is 2.00 bits per heavy atom. The van der Waals surface area contributed by atoms with Gasteiger partial charge in [-0.3, -0.25) is 4.79 Å². The lowest BCUT2D eigenvalue weighted by Gasteiger charge is -2.31. The molecular formula is C9H19BrN2O. The Labute approximate surface area is 91.2 Å². The Morgan fingerprint density at radius 2 is 1.77 bits per heavy atom. The van der Waals surface area contributed by atoms with Gasteiger partial charge < -0.3 is 26.8 Å². The van der Waals surface area contributed by atoms with Crippen LogP contribution in [0, 0.1) is 0 Å². The topological polar surface area (TPSA) is 29.1 Å². The van der Waals surface area contributed by atoms with E-state index in [4.69, 9.17) is 0 Å². The summed E-state index contributed by atoms with van der Waals surface area (Å²) >= 11 is 0. The maximum Gasteiger partial charge on any atom is 0.250 e. The summed E-state index contributed by atoms with van der Waals surface area (Å²) in [7, 11) is 6.09. The highest BCUT2D eigenvalue weighted by Crippen LogP contribution is 1.99. The van der Waals surface area contributed by atoms with E-state index in [1.807, 2.05) is 28.1 Å². The molecule has 1 amide bonds. The van der Waals surface area contributed by atoms with Crippen molar-refractivity contribution in [1.82, 2.24) is 5.32 Å². The molecule has 0 saturated carbocycles. The second-order valence-corrected chi connectivity index (χ2v) is 4.05. The highest BCUT2D eigenvalue weighted by molar-refractivity contribution is 5.92. The van der Waals surface area contributed by atoms with Crippen molar-refractivity contribution >= 4 is 5.91 Å². The van der Waals surface area contributed by atoms with Crippen molar-refractivity contribution in [2.24, 2.45) is 0 Å². The zero-order valence-electron chi connectivity index (χ0n) is 9.02. The van der Waals surface area contributed by atoms with E-state index in [-0.39, 0.29) is 29.1 Å². The van der Waals surface area contributed by atoms with Crippen molar-refractivity contribution in [3.63, 3.8) is 0 Å². The highest BCUT2D eigenvalue weighted by atomic mass is 79.9. The Balaban J connectivity index is 0. The normalized spacial score (nSPS) is 12.7. The van der Waals surface area contributed by atoms with Crippen LogP contribution >= 0.6 is 0 Å².